The van der Waals surface area contributed by atoms with Gasteiger partial charge in [0.05, 0.1) is 12.1 Å². The molecule has 2 saturated heterocycles. The Morgan fingerprint density at radius 2 is 1.89 bits per heavy atom. The number of aryl methyl sites for hydroxylation is 1. The number of hydrogen-bond acceptors (Lipinski definition) is 3. The van der Waals surface area contributed by atoms with E-state index in [1.165, 1.54) is 5.56 Å². The molecule has 1 amide bonds. The highest BCUT2D eigenvalue weighted by molar-refractivity contribution is 5.95. The molecular formula is C15H20N2O2. The van der Waals surface area contributed by atoms with Crippen molar-refractivity contribution in [3.8, 4) is 0 Å². The highest BCUT2D eigenvalue weighted by Crippen LogP contribution is 2.30. The van der Waals surface area contributed by atoms with Gasteiger partial charge in [-0.1, -0.05) is 17.7 Å². The summed E-state index contributed by atoms with van der Waals surface area (Å²) in [5.41, 5.74) is 2.04. The van der Waals surface area contributed by atoms with Gasteiger partial charge in [-0.3, -0.25) is 4.79 Å². The number of nitrogens with zero attached hydrogens (tertiary/aromatic N) is 1. The predicted octanol–water partition coefficient (Wildman–Crippen LogP) is 1.48. The summed E-state index contributed by atoms with van der Waals surface area (Å²) in [7, 11) is 0. The van der Waals surface area contributed by atoms with E-state index in [0.717, 1.165) is 31.6 Å². The SMILES string of the molecule is Cc1ccc(N2CC3(CCNCC3)OCC2=O)cc1. The maximum atomic E-state index is 12.1. The van der Waals surface area contributed by atoms with E-state index in [0.29, 0.717) is 6.54 Å². The largest absolute Gasteiger partial charge is 0.363 e. The van der Waals surface area contributed by atoms with Gasteiger partial charge in [-0.25, -0.2) is 0 Å². The monoisotopic (exact) mass is 260 g/mol. The second-order valence-electron chi connectivity index (χ2n) is 5.54. The molecule has 0 bridgehead atoms. The average molecular weight is 260 g/mol. The van der Waals surface area contributed by atoms with Gasteiger partial charge in [0.2, 0.25) is 0 Å². The first kappa shape index (κ1) is 12.6. The molecule has 0 saturated carbocycles. The molecule has 19 heavy (non-hydrogen) atoms. The van der Waals surface area contributed by atoms with Gasteiger partial charge in [-0.05, 0) is 45.0 Å². The van der Waals surface area contributed by atoms with E-state index in [1.54, 1.807) is 0 Å². The molecule has 2 fully saturated rings. The molecule has 2 aliphatic rings. The minimum atomic E-state index is -0.149. The molecule has 4 heteroatoms. The zero-order valence-electron chi connectivity index (χ0n) is 11.3. The number of anilines is 1. The number of amides is 1. The minimum Gasteiger partial charge on any atom is -0.363 e. The molecule has 2 heterocycles. The van der Waals surface area contributed by atoms with Crippen LogP contribution in [0.25, 0.3) is 0 Å². The number of rotatable bonds is 1. The highest BCUT2D eigenvalue weighted by Gasteiger charge is 2.41. The van der Waals surface area contributed by atoms with Crippen molar-refractivity contribution in [2.45, 2.75) is 25.4 Å². The van der Waals surface area contributed by atoms with E-state index in [1.807, 2.05) is 29.2 Å². The van der Waals surface area contributed by atoms with Crippen LogP contribution >= 0.6 is 0 Å². The maximum absolute atomic E-state index is 12.1. The second-order valence-corrected chi connectivity index (χ2v) is 5.54. The summed E-state index contributed by atoms with van der Waals surface area (Å²) in [6.45, 7) is 4.87. The van der Waals surface area contributed by atoms with Crippen LogP contribution in [-0.2, 0) is 9.53 Å². The first-order chi connectivity index (χ1) is 9.19. The lowest BCUT2D eigenvalue weighted by Crippen LogP contribution is -2.58. The molecule has 102 valence electrons. The average Bonchev–Trinajstić information content (AvgIpc) is 2.44. The van der Waals surface area contributed by atoms with Crippen LogP contribution in [0.4, 0.5) is 5.69 Å². The van der Waals surface area contributed by atoms with E-state index < -0.39 is 0 Å². The molecule has 1 N–H and O–H groups in total. The molecule has 0 unspecified atom stereocenters. The number of hydrogen-bond donors (Lipinski definition) is 1. The second kappa shape index (κ2) is 4.94. The van der Waals surface area contributed by atoms with Crippen molar-refractivity contribution < 1.29 is 9.53 Å². The highest BCUT2D eigenvalue weighted by atomic mass is 16.5. The van der Waals surface area contributed by atoms with Crippen LogP contribution in [0, 0.1) is 6.92 Å². The van der Waals surface area contributed by atoms with E-state index in [2.05, 4.69) is 12.2 Å². The van der Waals surface area contributed by atoms with Crippen LogP contribution < -0.4 is 10.2 Å². The lowest BCUT2D eigenvalue weighted by atomic mass is 9.90. The van der Waals surface area contributed by atoms with Crippen LogP contribution in [0.5, 0.6) is 0 Å². The van der Waals surface area contributed by atoms with Crippen LogP contribution in [0.2, 0.25) is 0 Å². The summed E-state index contributed by atoms with van der Waals surface area (Å²) in [5.74, 6) is 0.0630. The third kappa shape index (κ3) is 2.51. The summed E-state index contributed by atoms with van der Waals surface area (Å²) < 4.78 is 5.86. The van der Waals surface area contributed by atoms with E-state index >= 15 is 0 Å². The molecule has 0 radical (unpaired) electrons. The lowest BCUT2D eigenvalue weighted by molar-refractivity contribution is -0.141. The Morgan fingerprint density at radius 1 is 1.21 bits per heavy atom. The molecule has 1 spiro atoms. The fourth-order valence-corrected chi connectivity index (χ4v) is 2.86. The molecule has 0 atom stereocenters. The van der Waals surface area contributed by atoms with Crippen molar-refractivity contribution in [3.63, 3.8) is 0 Å². The summed E-state index contributed by atoms with van der Waals surface area (Å²) in [6.07, 6.45) is 1.95. The van der Waals surface area contributed by atoms with E-state index in [9.17, 15) is 4.79 Å². The quantitative estimate of drug-likeness (QED) is 0.831. The van der Waals surface area contributed by atoms with Crippen molar-refractivity contribution in [2.75, 3.05) is 31.1 Å². The summed E-state index contributed by atoms with van der Waals surface area (Å²) in [5, 5.41) is 3.35. The predicted molar refractivity (Wildman–Crippen MR) is 74.3 cm³/mol. The van der Waals surface area contributed by atoms with Crippen LogP contribution in [0.15, 0.2) is 24.3 Å². The van der Waals surface area contributed by atoms with Crippen LogP contribution in [0.3, 0.4) is 0 Å². The van der Waals surface area contributed by atoms with Crippen LogP contribution in [0.1, 0.15) is 18.4 Å². The Morgan fingerprint density at radius 3 is 2.58 bits per heavy atom. The van der Waals surface area contributed by atoms with Crippen molar-refractivity contribution in [1.29, 1.82) is 0 Å². The van der Waals surface area contributed by atoms with Gasteiger partial charge < -0.3 is 15.0 Å². The Balaban J connectivity index is 1.83. The number of piperidine rings is 1. The first-order valence-corrected chi connectivity index (χ1v) is 6.90. The van der Waals surface area contributed by atoms with Crippen LogP contribution in [-0.4, -0.2) is 37.7 Å². The topological polar surface area (TPSA) is 41.6 Å². The Bertz CT molecular complexity index is 464. The van der Waals surface area contributed by atoms with Gasteiger partial charge in [0, 0.05) is 5.69 Å². The maximum Gasteiger partial charge on any atom is 0.253 e. The number of carbonyl (C=O) groups is 1. The zero-order chi connectivity index (χ0) is 13.3. The Hall–Kier alpha value is -1.39. The number of carbonyl (C=O) groups excluding carboxylic acids is 1. The number of benzene rings is 1. The first-order valence-electron chi connectivity index (χ1n) is 6.90. The van der Waals surface area contributed by atoms with E-state index in [-0.39, 0.29) is 18.1 Å². The van der Waals surface area contributed by atoms with Gasteiger partial charge in [-0.2, -0.15) is 0 Å². The zero-order valence-corrected chi connectivity index (χ0v) is 11.3. The molecule has 1 aromatic rings. The van der Waals surface area contributed by atoms with Gasteiger partial charge in [0.1, 0.15) is 6.61 Å². The number of ether oxygens (including phenoxy) is 1. The van der Waals surface area contributed by atoms with Crippen molar-refractivity contribution in [1.82, 2.24) is 5.32 Å². The number of nitrogens with one attached hydrogen (secondary N) is 1. The molecule has 0 aromatic heterocycles. The van der Waals surface area contributed by atoms with Gasteiger partial charge >= 0.3 is 0 Å². The minimum absolute atomic E-state index is 0.0630. The van der Waals surface area contributed by atoms with Gasteiger partial charge in [0.15, 0.2) is 0 Å². The van der Waals surface area contributed by atoms with Gasteiger partial charge in [-0.15, -0.1) is 0 Å². The third-order valence-electron chi connectivity index (χ3n) is 4.11. The standard InChI is InChI=1S/C15H20N2O2/c1-12-2-4-13(5-3-12)17-11-15(19-10-14(17)18)6-8-16-9-7-15/h2-5,16H,6-11H2,1H3. The molecule has 0 aliphatic carbocycles. The number of morpholine rings is 1. The molecule has 3 rings (SSSR count). The smallest absolute Gasteiger partial charge is 0.253 e. The molecule has 4 nitrogen and oxygen atoms in total. The van der Waals surface area contributed by atoms with E-state index in [4.69, 9.17) is 4.74 Å². The third-order valence-corrected chi connectivity index (χ3v) is 4.11. The van der Waals surface area contributed by atoms with Crippen molar-refractivity contribution in [2.24, 2.45) is 0 Å². The Kier molecular flexibility index (Phi) is 3.29. The molecule has 1 aromatic carbocycles. The summed E-state index contributed by atoms with van der Waals surface area (Å²) in [4.78, 5) is 14.0. The summed E-state index contributed by atoms with van der Waals surface area (Å²) >= 11 is 0. The van der Waals surface area contributed by atoms with Crippen molar-refractivity contribution >= 4 is 11.6 Å². The molecule has 2 aliphatic heterocycles. The lowest BCUT2D eigenvalue weighted by Gasteiger charge is -2.44. The fourth-order valence-electron chi connectivity index (χ4n) is 2.86. The summed E-state index contributed by atoms with van der Waals surface area (Å²) in [6, 6.07) is 8.14. The molecular weight excluding hydrogens is 240 g/mol. The van der Waals surface area contributed by atoms with Crippen molar-refractivity contribution in [3.05, 3.63) is 29.8 Å². The van der Waals surface area contributed by atoms with Gasteiger partial charge in [0.25, 0.3) is 5.91 Å². The fraction of sp³-hybridized carbons (Fsp3) is 0.533. The normalized spacial score (nSPS) is 22.8. The Labute approximate surface area is 113 Å².